The molecule has 2 heteroatoms. The summed E-state index contributed by atoms with van der Waals surface area (Å²) in [6.45, 7) is 7.21. The van der Waals surface area contributed by atoms with Crippen molar-refractivity contribution in [2.24, 2.45) is 0 Å². The van der Waals surface area contributed by atoms with Gasteiger partial charge in [-0.15, -0.1) is 0 Å². The second kappa shape index (κ2) is 14.4. The largest absolute Gasteiger partial charge is 0.309 e. The lowest BCUT2D eigenvalue weighted by Crippen LogP contribution is -2.37. The summed E-state index contributed by atoms with van der Waals surface area (Å²) < 4.78 is 2.46. The maximum Gasteiger partial charge on any atom is 0.0775 e. The van der Waals surface area contributed by atoms with Gasteiger partial charge in [-0.2, -0.15) is 0 Å². The molecule has 0 aliphatic rings. The molecule has 0 unspecified atom stereocenters. The first kappa shape index (κ1) is 34.3. The van der Waals surface area contributed by atoms with Gasteiger partial charge in [-0.25, -0.2) is 0 Å². The van der Waals surface area contributed by atoms with Gasteiger partial charge >= 0.3 is 0 Å². The summed E-state index contributed by atoms with van der Waals surface area (Å²) in [7, 11) is -1.37. The lowest BCUT2D eigenvalue weighted by molar-refractivity contribution is 1.14. The molecule has 264 valence electrons. The van der Waals surface area contributed by atoms with Crippen LogP contribution in [0.1, 0.15) is 0 Å². The molecule has 0 saturated carbocycles. The Balaban J connectivity index is 1.22. The van der Waals surface area contributed by atoms with Crippen molar-refractivity contribution in [3.05, 3.63) is 206 Å². The topological polar surface area (TPSA) is 4.93 Å². The van der Waals surface area contributed by atoms with E-state index in [-0.39, 0.29) is 0 Å². The third-order valence-corrected chi connectivity index (χ3v) is 12.9. The van der Waals surface area contributed by atoms with Gasteiger partial charge in [-0.1, -0.05) is 207 Å². The molecule has 0 bridgehead atoms. The fourth-order valence-electron chi connectivity index (χ4n) is 7.81. The van der Waals surface area contributed by atoms with E-state index in [1.165, 1.54) is 83.0 Å². The smallest absolute Gasteiger partial charge is 0.0775 e. The molecule has 0 saturated heterocycles. The number of aromatic nitrogens is 1. The minimum absolute atomic E-state index is 1.14. The van der Waals surface area contributed by atoms with E-state index >= 15 is 0 Å². The third kappa shape index (κ3) is 6.78. The number of nitrogens with zero attached hydrogens (tertiary/aromatic N) is 1. The molecule has 0 aliphatic heterocycles. The van der Waals surface area contributed by atoms with Crippen LogP contribution in [0.2, 0.25) is 19.6 Å². The van der Waals surface area contributed by atoms with E-state index in [2.05, 4.69) is 230 Å². The Morgan fingerprint density at radius 3 is 1.16 bits per heavy atom. The summed E-state index contributed by atoms with van der Waals surface area (Å²) in [5.41, 5.74) is 16.9. The zero-order chi connectivity index (χ0) is 37.4. The fourth-order valence-corrected chi connectivity index (χ4v) is 8.98. The number of hydrogen-bond donors (Lipinski definition) is 0. The zero-order valence-electron chi connectivity index (χ0n) is 31.6. The summed E-state index contributed by atoms with van der Waals surface area (Å²) in [4.78, 5) is 0. The average Bonchev–Trinajstić information content (AvgIpc) is 3.59. The highest BCUT2D eigenvalue weighted by molar-refractivity contribution is 6.88. The van der Waals surface area contributed by atoms with E-state index in [0.717, 1.165) is 5.69 Å². The quantitative estimate of drug-likeness (QED) is 0.138. The molecular weight excluding hydrogens is 679 g/mol. The Morgan fingerprint density at radius 2 is 0.691 bits per heavy atom. The average molecular weight is 722 g/mol. The lowest BCUT2D eigenvalue weighted by Gasteiger charge is -2.17. The SMILES string of the molecule is C[Si](C)(C)c1ccc(-c2ccc(-n3c(-c4ccccc4)c(-c4ccc(-c5ccccc5)cc4)c4cc(-c5ccc(-c6ccccc6)cc5)ccc43)cc2)cc1. The summed E-state index contributed by atoms with van der Waals surface area (Å²) in [6, 6.07) is 75.5. The van der Waals surface area contributed by atoms with Gasteiger partial charge in [0.05, 0.1) is 19.3 Å². The van der Waals surface area contributed by atoms with E-state index in [9.17, 15) is 0 Å². The van der Waals surface area contributed by atoms with Crippen LogP contribution in [0.4, 0.5) is 0 Å². The van der Waals surface area contributed by atoms with Gasteiger partial charge in [0.25, 0.3) is 0 Å². The van der Waals surface area contributed by atoms with Crippen molar-refractivity contribution < 1.29 is 0 Å². The predicted molar refractivity (Wildman–Crippen MR) is 239 cm³/mol. The van der Waals surface area contributed by atoms with E-state index in [0.29, 0.717) is 0 Å². The van der Waals surface area contributed by atoms with E-state index in [1.54, 1.807) is 0 Å². The second-order valence-corrected chi connectivity index (χ2v) is 20.5. The zero-order valence-corrected chi connectivity index (χ0v) is 32.6. The molecule has 0 fully saturated rings. The molecule has 8 aromatic carbocycles. The van der Waals surface area contributed by atoms with Crippen molar-refractivity contribution in [3.8, 4) is 72.6 Å². The van der Waals surface area contributed by atoms with Crippen LogP contribution in [0.5, 0.6) is 0 Å². The molecule has 0 aliphatic carbocycles. The van der Waals surface area contributed by atoms with Crippen LogP contribution in [-0.4, -0.2) is 12.6 Å². The molecule has 55 heavy (non-hydrogen) atoms. The highest BCUT2D eigenvalue weighted by atomic mass is 28.3. The van der Waals surface area contributed by atoms with E-state index < -0.39 is 8.07 Å². The van der Waals surface area contributed by atoms with E-state index in [1.807, 2.05) is 0 Å². The monoisotopic (exact) mass is 721 g/mol. The van der Waals surface area contributed by atoms with Crippen molar-refractivity contribution in [1.82, 2.24) is 4.57 Å². The van der Waals surface area contributed by atoms with Gasteiger partial charge in [-0.05, 0) is 79.9 Å². The molecule has 0 radical (unpaired) electrons. The van der Waals surface area contributed by atoms with Gasteiger partial charge in [0, 0.05) is 16.6 Å². The van der Waals surface area contributed by atoms with Crippen molar-refractivity contribution in [2.75, 3.05) is 0 Å². The minimum atomic E-state index is -1.37. The van der Waals surface area contributed by atoms with Gasteiger partial charge in [0.15, 0.2) is 0 Å². The van der Waals surface area contributed by atoms with Gasteiger partial charge in [-0.3, -0.25) is 0 Å². The number of hydrogen-bond acceptors (Lipinski definition) is 0. The molecular formula is C53H43NSi. The maximum absolute atomic E-state index is 2.46. The van der Waals surface area contributed by atoms with Crippen molar-refractivity contribution >= 4 is 24.2 Å². The van der Waals surface area contributed by atoms with Crippen LogP contribution in [0, 0.1) is 0 Å². The number of rotatable bonds is 8. The summed E-state index contributed by atoms with van der Waals surface area (Å²) >= 11 is 0. The Bertz CT molecular complexity index is 2700. The van der Waals surface area contributed by atoms with Gasteiger partial charge < -0.3 is 4.57 Å². The minimum Gasteiger partial charge on any atom is -0.309 e. The van der Waals surface area contributed by atoms with Crippen LogP contribution < -0.4 is 5.19 Å². The predicted octanol–water partition coefficient (Wildman–Crippen LogP) is 14.2. The van der Waals surface area contributed by atoms with Gasteiger partial charge in [0.1, 0.15) is 0 Å². The lowest BCUT2D eigenvalue weighted by atomic mass is 9.94. The standard InChI is InChI=1S/C53H43NSi/c1-55(2,3)49-34-29-43(30-35-49)42-27-32-48(33-28-42)54-51-36-31-47(44-21-19-40(20-22-44)38-13-7-4-8-14-38)37-50(51)52(53(54)46-17-11-6-12-18-46)45-25-23-41(24-26-45)39-15-9-5-10-16-39/h4-37H,1-3H3. The molecule has 0 spiro atoms. The maximum atomic E-state index is 2.46. The number of benzene rings is 8. The summed E-state index contributed by atoms with van der Waals surface area (Å²) in [5.74, 6) is 0. The molecule has 1 heterocycles. The molecule has 9 aromatic rings. The molecule has 9 rings (SSSR count). The Hall–Kier alpha value is -6.48. The number of fused-ring (bicyclic) bond motifs is 1. The first-order chi connectivity index (χ1) is 26.9. The molecule has 1 nitrogen and oxygen atoms in total. The Kier molecular flexibility index (Phi) is 8.98. The molecule has 0 N–H and O–H groups in total. The normalized spacial score (nSPS) is 11.5. The van der Waals surface area contributed by atoms with Crippen molar-refractivity contribution in [1.29, 1.82) is 0 Å². The second-order valence-electron chi connectivity index (χ2n) is 15.4. The van der Waals surface area contributed by atoms with Crippen LogP contribution >= 0.6 is 0 Å². The summed E-state index contributed by atoms with van der Waals surface area (Å²) in [5, 5.41) is 2.71. The first-order valence-electron chi connectivity index (χ1n) is 19.2. The van der Waals surface area contributed by atoms with Gasteiger partial charge in [0.2, 0.25) is 0 Å². The van der Waals surface area contributed by atoms with E-state index in [4.69, 9.17) is 0 Å². The molecule has 1 aromatic heterocycles. The van der Waals surface area contributed by atoms with Crippen LogP contribution in [-0.2, 0) is 0 Å². The molecule has 0 amide bonds. The highest BCUT2D eigenvalue weighted by Gasteiger charge is 2.22. The Morgan fingerprint density at radius 1 is 0.327 bits per heavy atom. The van der Waals surface area contributed by atoms with Crippen molar-refractivity contribution in [3.63, 3.8) is 0 Å². The summed E-state index contributed by atoms with van der Waals surface area (Å²) in [6.07, 6.45) is 0. The Labute approximate surface area is 325 Å². The highest BCUT2D eigenvalue weighted by Crippen LogP contribution is 2.44. The molecule has 0 atom stereocenters. The third-order valence-electron chi connectivity index (χ3n) is 10.8. The fraction of sp³-hybridized carbons (Fsp3) is 0.0566. The van der Waals surface area contributed by atoms with Crippen LogP contribution in [0.3, 0.4) is 0 Å². The van der Waals surface area contributed by atoms with Crippen molar-refractivity contribution in [2.45, 2.75) is 19.6 Å². The van der Waals surface area contributed by atoms with Crippen LogP contribution in [0.15, 0.2) is 206 Å². The first-order valence-corrected chi connectivity index (χ1v) is 22.7. The van der Waals surface area contributed by atoms with Crippen LogP contribution in [0.25, 0.3) is 83.5 Å².